The molecular formula is C28H36N2O3. The lowest BCUT2D eigenvalue weighted by Gasteiger charge is -2.57. The number of carbonyl (C=O) groups excluding carboxylic acids is 1. The number of rotatable bonds is 9. The van der Waals surface area contributed by atoms with E-state index in [1.807, 2.05) is 43.3 Å². The lowest BCUT2D eigenvalue weighted by Crippen LogP contribution is -2.51. The highest BCUT2D eigenvalue weighted by molar-refractivity contribution is 6.06. The van der Waals surface area contributed by atoms with Crippen LogP contribution in [0.25, 0.3) is 0 Å². The van der Waals surface area contributed by atoms with Gasteiger partial charge >= 0.3 is 0 Å². The van der Waals surface area contributed by atoms with Crippen molar-refractivity contribution < 1.29 is 14.6 Å². The number of aliphatic hydroxyl groups excluding tert-OH is 1. The van der Waals surface area contributed by atoms with Gasteiger partial charge in [0.15, 0.2) is 0 Å². The van der Waals surface area contributed by atoms with E-state index in [0.717, 1.165) is 35.5 Å². The summed E-state index contributed by atoms with van der Waals surface area (Å²) in [5, 5.41) is 17.0. The molecule has 3 N–H and O–H groups in total. The van der Waals surface area contributed by atoms with Crippen LogP contribution in [-0.2, 0) is 0 Å². The monoisotopic (exact) mass is 448 g/mol. The summed E-state index contributed by atoms with van der Waals surface area (Å²) < 4.78 is 5.87. The van der Waals surface area contributed by atoms with Gasteiger partial charge in [0.25, 0.3) is 5.91 Å². The normalized spacial score (nSPS) is 28.5. The molecule has 2 aromatic carbocycles. The molecule has 1 amide bonds. The zero-order valence-electron chi connectivity index (χ0n) is 19.6. The molecule has 5 nitrogen and oxygen atoms in total. The molecule has 0 radical (unpaired) electrons. The summed E-state index contributed by atoms with van der Waals surface area (Å²) in [5.74, 6) is 3.09. The minimum Gasteiger partial charge on any atom is -0.490 e. The van der Waals surface area contributed by atoms with E-state index in [9.17, 15) is 9.90 Å². The van der Waals surface area contributed by atoms with Gasteiger partial charge in [0.05, 0.1) is 5.56 Å². The standard InChI is InChI=1S/C28H36N2O3/c1-19-6-8-23(9-7-19)30-27(32)25-4-2-3-5-26(25)33-17-24(31)16-29-18-28-13-20-10-21(14-28)12-22(11-20)15-28/h2-9,20-22,24,29,31H,10-18H2,1H3,(H,30,32). The third-order valence-corrected chi connectivity index (χ3v) is 7.92. The molecule has 1 unspecified atom stereocenters. The van der Waals surface area contributed by atoms with E-state index in [2.05, 4.69) is 10.6 Å². The Morgan fingerprint density at radius 2 is 1.67 bits per heavy atom. The predicted molar refractivity (Wildman–Crippen MR) is 131 cm³/mol. The van der Waals surface area contributed by atoms with E-state index in [1.54, 1.807) is 12.1 Å². The first kappa shape index (κ1) is 22.4. The molecule has 4 aliphatic carbocycles. The molecule has 6 rings (SSSR count). The molecule has 4 bridgehead atoms. The first-order valence-electron chi connectivity index (χ1n) is 12.5. The maximum Gasteiger partial charge on any atom is 0.259 e. The van der Waals surface area contributed by atoms with Crippen LogP contribution in [0.15, 0.2) is 48.5 Å². The third kappa shape index (κ3) is 5.25. The second-order valence-corrected chi connectivity index (χ2v) is 10.8. The molecule has 0 spiro atoms. The summed E-state index contributed by atoms with van der Waals surface area (Å²) in [6, 6.07) is 14.9. The van der Waals surface area contributed by atoms with Gasteiger partial charge in [-0.25, -0.2) is 0 Å². The lowest BCUT2D eigenvalue weighted by molar-refractivity contribution is -0.0524. The van der Waals surface area contributed by atoms with E-state index >= 15 is 0 Å². The summed E-state index contributed by atoms with van der Waals surface area (Å²) in [4.78, 5) is 12.8. The van der Waals surface area contributed by atoms with Gasteiger partial charge < -0.3 is 20.5 Å². The van der Waals surface area contributed by atoms with Gasteiger partial charge in [-0.2, -0.15) is 0 Å². The number of ether oxygens (including phenoxy) is 1. The quantitative estimate of drug-likeness (QED) is 0.516. The van der Waals surface area contributed by atoms with Gasteiger partial charge in [0.1, 0.15) is 18.5 Å². The largest absolute Gasteiger partial charge is 0.490 e. The summed E-state index contributed by atoms with van der Waals surface area (Å²) in [6.07, 6.45) is 7.82. The van der Waals surface area contributed by atoms with Gasteiger partial charge in [-0.15, -0.1) is 0 Å². The van der Waals surface area contributed by atoms with Gasteiger partial charge in [0, 0.05) is 18.8 Å². The number of carbonyl (C=O) groups is 1. The van der Waals surface area contributed by atoms with Gasteiger partial charge in [-0.3, -0.25) is 4.79 Å². The fourth-order valence-electron chi connectivity index (χ4n) is 6.87. The number of benzene rings is 2. The molecule has 2 aromatic rings. The van der Waals surface area contributed by atoms with Crippen LogP contribution in [0.1, 0.15) is 54.4 Å². The first-order valence-corrected chi connectivity index (χ1v) is 12.5. The summed E-state index contributed by atoms with van der Waals surface area (Å²) >= 11 is 0. The average Bonchev–Trinajstić information content (AvgIpc) is 2.78. The summed E-state index contributed by atoms with van der Waals surface area (Å²) in [6.45, 7) is 3.68. The number of nitrogens with one attached hydrogen (secondary N) is 2. The van der Waals surface area contributed by atoms with Gasteiger partial charge in [0.2, 0.25) is 0 Å². The van der Waals surface area contributed by atoms with E-state index in [0.29, 0.717) is 23.3 Å². The molecule has 0 saturated heterocycles. The number of hydrogen-bond acceptors (Lipinski definition) is 4. The number of aliphatic hydroxyl groups is 1. The van der Waals surface area contributed by atoms with Crippen LogP contribution in [0.2, 0.25) is 0 Å². The maximum absolute atomic E-state index is 12.8. The molecule has 4 saturated carbocycles. The van der Waals surface area contributed by atoms with Gasteiger partial charge in [-0.1, -0.05) is 29.8 Å². The number of aryl methyl sites for hydroxylation is 1. The minimum atomic E-state index is -0.618. The Morgan fingerprint density at radius 3 is 2.33 bits per heavy atom. The molecule has 4 fully saturated rings. The molecule has 5 heteroatoms. The molecular weight excluding hydrogens is 412 g/mol. The zero-order chi connectivity index (χ0) is 22.8. The topological polar surface area (TPSA) is 70.6 Å². The Bertz CT molecular complexity index is 936. The highest BCUT2D eigenvalue weighted by Crippen LogP contribution is 2.59. The van der Waals surface area contributed by atoms with Crippen molar-refractivity contribution in [2.45, 2.75) is 51.6 Å². The first-order chi connectivity index (χ1) is 16.0. The van der Waals surface area contributed by atoms with Crippen molar-refractivity contribution in [3.05, 3.63) is 59.7 Å². The Labute approximate surface area is 196 Å². The van der Waals surface area contributed by atoms with Crippen molar-refractivity contribution in [1.82, 2.24) is 5.32 Å². The summed E-state index contributed by atoms with van der Waals surface area (Å²) in [5.41, 5.74) is 2.80. The molecule has 1 atom stereocenters. The molecule has 33 heavy (non-hydrogen) atoms. The van der Waals surface area contributed by atoms with Crippen molar-refractivity contribution in [3.63, 3.8) is 0 Å². The molecule has 176 valence electrons. The zero-order valence-corrected chi connectivity index (χ0v) is 19.6. The SMILES string of the molecule is Cc1ccc(NC(=O)c2ccccc2OCC(O)CNCC23CC4CC(CC(C4)C2)C3)cc1. The van der Waals surface area contributed by atoms with Crippen molar-refractivity contribution in [2.75, 3.05) is 25.0 Å². The highest BCUT2D eigenvalue weighted by atomic mass is 16.5. The minimum absolute atomic E-state index is 0.155. The Kier molecular flexibility index (Phi) is 6.44. The molecule has 0 aromatic heterocycles. The highest BCUT2D eigenvalue weighted by Gasteiger charge is 2.50. The van der Waals surface area contributed by atoms with Crippen molar-refractivity contribution in [2.24, 2.45) is 23.2 Å². The van der Waals surface area contributed by atoms with Crippen molar-refractivity contribution >= 4 is 11.6 Å². The van der Waals surface area contributed by atoms with E-state index in [4.69, 9.17) is 4.74 Å². The molecule has 4 aliphatic rings. The van der Waals surface area contributed by atoms with Crippen LogP contribution in [0.4, 0.5) is 5.69 Å². The Hall–Kier alpha value is -2.37. The third-order valence-electron chi connectivity index (χ3n) is 7.92. The number of hydrogen-bond donors (Lipinski definition) is 3. The van der Waals surface area contributed by atoms with Crippen molar-refractivity contribution in [3.8, 4) is 5.75 Å². The van der Waals surface area contributed by atoms with E-state index < -0.39 is 6.10 Å². The van der Waals surface area contributed by atoms with E-state index in [1.165, 1.54) is 38.5 Å². The van der Waals surface area contributed by atoms with Crippen LogP contribution in [-0.4, -0.2) is 36.8 Å². The van der Waals surface area contributed by atoms with Crippen molar-refractivity contribution in [1.29, 1.82) is 0 Å². The number of para-hydroxylation sites is 1. The smallest absolute Gasteiger partial charge is 0.259 e. The number of anilines is 1. The van der Waals surface area contributed by atoms with Gasteiger partial charge in [-0.05, 0) is 92.9 Å². The summed E-state index contributed by atoms with van der Waals surface area (Å²) in [7, 11) is 0. The average molecular weight is 449 g/mol. The number of amides is 1. The second-order valence-electron chi connectivity index (χ2n) is 10.8. The fourth-order valence-corrected chi connectivity index (χ4v) is 6.87. The van der Waals surface area contributed by atoms with Crippen LogP contribution < -0.4 is 15.4 Å². The van der Waals surface area contributed by atoms with E-state index in [-0.39, 0.29) is 12.5 Å². The maximum atomic E-state index is 12.8. The fraction of sp³-hybridized carbons (Fsp3) is 0.536. The van der Waals surface area contributed by atoms with Crippen LogP contribution in [0.5, 0.6) is 5.75 Å². The van der Waals surface area contributed by atoms with Crippen LogP contribution in [0.3, 0.4) is 0 Å². The molecule has 0 aliphatic heterocycles. The molecule has 0 heterocycles. The predicted octanol–water partition coefficient (Wildman–Crippen LogP) is 4.79. The van der Waals surface area contributed by atoms with Crippen LogP contribution >= 0.6 is 0 Å². The van der Waals surface area contributed by atoms with Crippen LogP contribution in [0, 0.1) is 30.1 Å². The lowest BCUT2D eigenvalue weighted by atomic mass is 9.49. The Balaban J connectivity index is 1.11. The Morgan fingerprint density at radius 1 is 1.03 bits per heavy atom. The second kappa shape index (κ2) is 9.47.